The fourth-order valence-corrected chi connectivity index (χ4v) is 2.63. The molecule has 0 amide bonds. The zero-order valence-electron chi connectivity index (χ0n) is 12.4. The van der Waals surface area contributed by atoms with Crippen molar-refractivity contribution in [3.05, 3.63) is 107 Å². The van der Waals surface area contributed by atoms with Gasteiger partial charge in [-0.25, -0.2) is 0 Å². The van der Waals surface area contributed by atoms with Crippen LogP contribution in [0.1, 0.15) is 27.8 Å². The van der Waals surface area contributed by atoms with E-state index in [0.29, 0.717) is 0 Å². The van der Waals surface area contributed by atoms with Gasteiger partial charge in [0, 0.05) is 0 Å². The molecule has 0 saturated carbocycles. The number of hydrogen-bond donors (Lipinski definition) is 0. The summed E-state index contributed by atoms with van der Waals surface area (Å²) in [7, 11) is 0. The maximum atomic E-state index is 2.25. The summed E-state index contributed by atoms with van der Waals surface area (Å²) in [6.07, 6.45) is 2.02. The third-order valence-electron chi connectivity index (χ3n) is 3.93. The summed E-state index contributed by atoms with van der Waals surface area (Å²) in [5.74, 6) is 0. The Morgan fingerprint density at radius 1 is 0.524 bits per heavy atom. The minimum Gasteiger partial charge on any atom is -0.0622 e. The van der Waals surface area contributed by atoms with Crippen LogP contribution < -0.4 is 0 Å². The first kappa shape index (κ1) is 13.6. The first-order valence-electron chi connectivity index (χ1n) is 7.47. The molecule has 0 saturated heterocycles. The van der Waals surface area contributed by atoms with Crippen molar-refractivity contribution in [2.24, 2.45) is 0 Å². The topological polar surface area (TPSA) is 0 Å². The number of hydrogen-bond acceptors (Lipinski definition) is 0. The summed E-state index contributed by atoms with van der Waals surface area (Å²) in [6, 6.07) is 28.2. The van der Waals surface area contributed by atoms with Gasteiger partial charge in [-0.3, -0.25) is 0 Å². The molecule has 0 bridgehead atoms. The average molecular weight is 272 g/mol. The van der Waals surface area contributed by atoms with Gasteiger partial charge in [0.2, 0.25) is 0 Å². The molecule has 0 nitrogen and oxygen atoms in total. The highest BCUT2D eigenvalue weighted by Gasteiger charge is 2.00. The molecule has 0 atom stereocenters. The predicted molar refractivity (Wildman–Crippen MR) is 89.7 cm³/mol. The monoisotopic (exact) mass is 272 g/mol. The first-order chi connectivity index (χ1) is 10.3. The molecule has 3 aromatic carbocycles. The van der Waals surface area contributed by atoms with Gasteiger partial charge in [0.25, 0.3) is 0 Å². The highest BCUT2D eigenvalue weighted by Crippen LogP contribution is 2.16. The Hall–Kier alpha value is -2.34. The second-order valence-corrected chi connectivity index (χ2v) is 5.58. The maximum absolute atomic E-state index is 2.25. The van der Waals surface area contributed by atoms with Gasteiger partial charge in [-0.1, -0.05) is 78.9 Å². The van der Waals surface area contributed by atoms with Crippen molar-refractivity contribution in [1.29, 1.82) is 0 Å². The highest BCUT2D eigenvalue weighted by molar-refractivity contribution is 5.34. The Balaban J connectivity index is 1.71. The molecule has 0 spiro atoms. The van der Waals surface area contributed by atoms with Crippen molar-refractivity contribution in [3.8, 4) is 0 Å². The van der Waals surface area contributed by atoms with Gasteiger partial charge < -0.3 is 0 Å². The van der Waals surface area contributed by atoms with E-state index in [-0.39, 0.29) is 0 Å². The summed E-state index contributed by atoms with van der Waals surface area (Å²) in [5.41, 5.74) is 6.89. The van der Waals surface area contributed by atoms with E-state index in [0.717, 1.165) is 12.8 Å². The van der Waals surface area contributed by atoms with E-state index >= 15 is 0 Å². The largest absolute Gasteiger partial charge is 0.0622 e. The Morgan fingerprint density at radius 2 is 1.05 bits per heavy atom. The third-order valence-corrected chi connectivity index (χ3v) is 3.93. The summed E-state index contributed by atoms with van der Waals surface area (Å²) in [6.45, 7) is 2.18. The van der Waals surface area contributed by atoms with Gasteiger partial charge >= 0.3 is 0 Å². The Morgan fingerprint density at radius 3 is 1.71 bits per heavy atom. The van der Waals surface area contributed by atoms with Gasteiger partial charge in [0.05, 0.1) is 0 Å². The van der Waals surface area contributed by atoms with Gasteiger partial charge in [-0.05, 0) is 47.6 Å². The van der Waals surface area contributed by atoms with Crippen LogP contribution in [0.2, 0.25) is 0 Å². The van der Waals surface area contributed by atoms with Crippen LogP contribution in [0.25, 0.3) is 0 Å². The second kappa shape index (κ2) is 6.41. The summed E-state index contributed by atoms with van der Waals surface area (Å²) in [5, 5.41) is 0. The van der Waals surface area contributed by atoms with Gasteiger partial charge in [-0.15, -0.1) is 0 Å². The van der Waals surface area contributed by atoms with Crippen molar-refractivity contribution < 1.29 is 0 Å². The molecule has 0 aliphatic heterocycles. The normalized spacial score (nSPS) is 10.5. The zero-order valence-corrected chi connectivity index (χ0v) is 12.4. The average Bonchev–Trinajstić information content (AvgIpc) is 2.52. The van der Waals surface area contributed by atoms with Crippen LogP contribution in [-0.2, 0) is 12.8 Å². The van der Waals surface area contributed by atoms with E-state index < -0.39 is 0 Å². The molecular formula is C21H20. The SMILES string of the molecule is Cc1ccccc1Cc1ccc(Cc2ccccc2)cc1. The Kier molecular flexibility index (Phi) is 4.16. The summed E-state index contributed by atoms with van der Waals surface area (Å²) >= 11 is 0. The van der Waals surface area contributed by atoms with Crippen LogP contribution in [-0.4, -0.2) is 0 Å². The number of rotatable bonds is 4. The molecule has 0 unspecified atom stereocenters. The van der Waals surface area contributed by atoms with E-state index in [2.05, 4.69) is 85.8 Å². The van der Waals surface area contributed by atoms with E-state index in [4.69, 9.17) is 0 Å². The van der Waals surface area contributed by atoms with Crippen LogP contribution >= 0.6 is 0 Å². The Labute approximate surface area is 127 Å². The molecular weight excluding hydrogens is 252 g/mol. The molecule has 0 heterocycles. The molecule has 0 fully saturated rings. The van der Waals surface area contributed by atoms with Crippen molar-refractivity contribution in [2.75, 3.05) is 0 Å². The lowest BCUT2D eigenvalue weighted by atomic mass is 9.98. The zero-order chi connectivity index (χ0) is 14.5. The highest BCUT2D eigenvalue weighted by atomic mass is 14.1. The lowest BCUT2D eigenvalue weighted by Crippen LogP contribution is -1.93. The fraction of sp³-hybridized carbons (Fsp3) is 0.143. The van der Waals surface area contributed by atoms with Crippen LogP contribution in [0.3, 0.4) is 0 Å². The van der Waals surface area contributed by atoms with E-state index in [9.17, 15) is 0 Å². The van der Waals surface area contributed by atoms with Gasteiger partial charge in [-0.2, -0.15) is 0 Å². The smallest absolute Gasteiger partial charge is 0.00231 e. The van der Waals surface area contributed by atoms with Gasteiger partial charge in [0.15, 0.2) is 0 Å². The van der Waals surface area contributed by atoms with Crippen molar-refractivity contribution in [1.82, 2.24) is 0 Å². The summed E-state index contributed by atoms with van der Waals surface area (Å²) < 4.78 is 0. The number of benzene rings is 3. The molecule has 21 heavy (non-hydrogen) atoms. The number of aryl methyl sites for hydroxylation is 1. The quantitative estimate of drug-likeness (QED) is 0.614. The van der Waals surface area contributed by atoms with E-state index in [1.54, 1.807) is 0 Å². The third kappa shape index (κ3) is 3.61. The lowest BCUT2D eigenvalue weighted by Gasteiger charge is -2.07. The standard InChI is InChI=1S/C21H20/c1-17-7-5-6-10-21(17)16-20-13-11-19(12-14-20)15-18-8-3-2-4-9-18/h2-14H,15-16H2,1H3. The maximum Gasteiger partial charge on any atom is -0.00231 e. The molecule has 0 N–H and O–H groups in total. The molecule has 3 aromatic rings. The van der Waals surface area contributed by atoms with Crippen molar-refractivity contribution in [3.63, 3.8) is 0 Å². The van der Waals surface area contributed by atoms with Gasteiger partial charge in [0.1, 0.15) is 0 Å². The predicted octanol–water partition coefficient (Wildman–Crippen LogP) is 5.18. The molecule has 0 aliphatic carbocycles. The lowest BCUT2D eigenvalue weighted by molar-refractivity contribution is 1.13. The molecule has 0 heteroatoms. The molecule has 104 valence electrons. The minimum atomic E-state index is 1.01. The van der Waals surface area contributed by atoms with Crippen LogP contribution in [0, 0.1) is 6.92 Å². The van der Waals surface area contributed by atoms with Crippen LogP contribution in [0.15, 0.2) is 78.9 Å². The van der Waals surface area contributed by atoms with E-state index in [1.807, 2.05) is 0 Å². The fourth-order valence-electron chi connectivity index (χ4n) is 2.63. The second-order valence-electron chi connectivity index (χ2n) is 5.58. The van der Waals surface area contributed by atoms with Crippen LogP contribution in [0.4, 0.5) is 0 Å². The Bertz CT molecular complexity index is 694. The first-order valence-corrected chi connectivity index (χ1v) is 7.47. The molecule has 0 aliphatic rings. The molecule has 0 aromatic heterocycles. The molecule has 0 radical (unpaired) electrons. The molecule has 3 rings (SSSR count). The van der Waals surface area contributed by atoms with E-state index in [1.165, 1.54) is 27.8 Å². The van der Waals surface area contributed by atoms with Crippen molar-refractivity contribution >= 4 is 0 Å². The van der Waals surface area contributed by atoms with Crippen molar-refractivity contribution in [2.45, 2.75) is 19.8 Å². The van der Waals surface area contributed by atoms with Crippen LogP contribution in [0.5, 0.6) is 0 Å². The minimum absolute atomic E-state index is 1.01. The summed E-state index contributed by atoms with van der Waals surface area (Å²) in [4.78, 5) is 0.